The number of carbonyl (C=O) groups is 1. The number of nitrogens with zero attached hydrogens (tertiary/aromatic N) is 2. The Morgan fingerprint density at radius 2 is 1.89 bits per heavy atom. The summed E-state index contributed by atoms with van der Waals surface area (Å²) in [5.74, 6) is -0.155. The Morgan fingerprint density at radius 1 is 1.19 bits per heavy atom. The number of carbonyl (C=O) groups excluding carboxylic acids is 1. The van der Waals surface area contributed by atoms with Crippen molar-refractivity contribution in [3.05, 3.63) is 57.1 Å². The van der Waals surface area contributed by atoms with Crippen LogP contribution in [0.4, 0.5) is 4.39 Å². The smallest absolute Gasteiger partial charge is 0.251 e. The Labute approximate surface area is 167 Å². The van der Waals surface area contributed by atoms with Crippen molar-refractivity contribution in [1.82, 2.24) is 20.5 Å². The van der Waals surface area contributed by atoms with Crippen LogP contribution in [0.5, 0.6) is 0 Å². The summed E-state index contributed by atoms with van der Waals surface area (Å²) in [5.41, 5.74) is 1.70. The van der Waals surface area contributed by atoms with Crippen molar-refractivity contribution in [3.8, 4) is 0 Å². The number of aryl methyl sites for hydroxylation is 1. The predicted molar refractivity (Wildman–Crippen MR) is 107 cm³/mol. The first-order valence-corrected chi connectivity index (χ1v) is 9.07. The molecule has 27 heavy (non-hydrogen) atoms. The van der Waals surface area contributed by atoms with Gasteiger partial charge in [-0.1, -0.05) is 29.3 Å². The molecule has 0 aliphatic heterocycles. The van der Waals surface area contributed by atoms with Crippen LogP contribution in [0.2, 0.25) is 10.2 Å². The maximum Gasteiger partial charge on any atom is 0.251 e. The molecule has 0 unspecified atom stereocenters. The van der Waals surface area contributed by atoms with E-state index in [4.69, 9.17) is 23.2 Å². The normalized spacial score (nSPS) is 11.4. The van der Waals surface area contributed by atoms with Gasteiger partial charge in [-0.3, -0.25) is 9.79 Å². The predicted octanol–water partition coefficient (Wildman–Crippen LogP) is 2.87. The third kappa shape index (κ3) is 5.61. The number of nitrogens with one attached hydrogen (secondary N) is 3. The largest absolute Gasteiger partial charge is 0.355 e. The number of benzene rings is 1. The maximum atomic E-state index is 13.5. The van der Waals surface area contributed by atoms with E-state index in [1.165, 1.54) is 6.07 Å². The molecule has 0 atom stereocenters. The van der Waals surface area contributed by atoms with Crippen LogP contribution in [0, 0.1) is 12.7 Å². The number of rotatable bonds is 6. The number of hydrogen-bond donors (Lipinski definition) is 3. The Balaban J connectivity index is 1.76. The first-order valence-electron chi connectivity index (χ1n) is 8.32. The second-order valence-electron chi connectivity index (χ2n) is 5.91. The maximum absolute atomic E-state index is 13.5. The number of amides is 1. The zero-order chi connectivity index (χ0) is 20.0. The third-order valence-corrected chi connectivity index (χ3v) is 4.86. The molecule has 3 N–H and O–H groups in total. The zero-order valence-corrected chi connectivity index (χ0v) is 16.9. The van der Waals surface area contributed by atoms with Crippen molar-refractivity contribution in [2.45, 2.75) is 13.5 Å². The monoisotopic (exact) mass is 413 g/mol. The van der Waals surface area contributed by atoms with E-state index in [2.05, 4.69) is 20.9 Å². The fourth-order valence-electron chi connectivity index (χ4n) is 2.35. The highest BCUT2D eigenvalue weighted by atomic mass is 35.5. The SMILES string of the molecule is CN=C(NCCNC(=O)c1ccc(C)c(F)c1)NCc1cc(Cl)c(Cl)n1C. The number of hydrogen-bond acceptors (Lipinski definition) is 2. The van der Waals surface area contributed by atoms with Crippen molar-refractivity contribution in [3.63, 3.8) is 0 Å². The van der Waals surface area contributed by atoms with Gasteiger partial charge in [-0.15, -0.1) is 0 Å². The van der Waals surface area contributed by atoms with Crippen molar-refractivity contribution in [2.75, 3.05) is 20.1 Å². The van der Waals surface area contributed by atoms with Crippen molar-refractivity contribution < 1.29 is 9.18 Å². The van der Waals surface area contributed by atoms with Crippen molar-refractivity contribution in [1.29, 1.82) is 0 Å². The molecule has 0 saturated heterocycles. The summed E-state index contributed by atoms with van der Waals surface area (Å²) in [6.07, 6.45) is 0. The molecule has 0 aliphatic carbocycles. The summed E-state index contributed by atoms with van der Waals surface area (Å²) in [6.45, 7) is 2.94. The molecule has 1 aromatic carbocycles. The van der Waals surface area contributed by atoms with Crippen molar-refractivity contribution in [2.24, 2.45) is 12.0 Å². The van der Waals surface area contributed by atoms with Crippen LogP contribution in [-0.4, -0.2) is 36.6 Å². The molecule has 2 rings (SSSR count). The van der Waals surface area contributed by atoms with E-state index >= 15 is 0 Å². The summed E-state index contributed by atoms with van der Waals surface area (Å²) >= 11 is 12.0. The first kappa shape index (κ1) is 21.1. The Hall–Kier alpha value is -2.25. The van der Waals surface area contributed by atoms with E-state index in [9.17, 15) is 9.18 Å². The van der Waals surface area contributed by atoms with Gasteiger partial charge in [-0.25, -0.2) is 4.39 Å². The lowest BCUT2D eigenvalue weighted by Gasteiger charge is -2.13. The number of halogens is 3. The lowest BCUT2D eigenvalue weighted by molar-refractivity contribution is 0.0954. The highest BCUT2D eigenvalue weighted by molar-refractivity contribution is 6.41. The Kier molecular flexibility index (Phi) is 7.50. The lowest BCUT2D eigenvalue weighted by atomic mass is 10.1. The van der Waals surface area contributed by atoms with Gasteiger partial charge in [0.15, 0.2) is 5.96 Å². The van der Waals surface area contributed by atoms with Crippen LogP contribution in [0.25, 0.3) is 0 Å². The van der Waals surface area contributed by atoms with Crippen LogP contribution in [0.15, 0.2) is 29.3 Å². The van der Waals surface area contributed by atoms with Crippen LogP contribution in [-0.2, 0) is 13.6 Å². The first-order chi connectivity index (χ1) is 12.8. The quantitative estimate of drug-likeness (QED) is 0.387. The molecular formula is C18H22Cl2FN5O. The van der Waals surface area contributed by atoms with Crippen LogP contribution in [0.3, 0.4) is 0 Å². The minimum atomic E-state index is -0.397. The molecule has 0 spiro atoms. The van der Waals surface area contributed by atoms with Gasteiger partial charge >= 0.3 is 0 Å². The van der Waals surface area contributed by atoms with Gasteiger partial charge in [0.2, 0.25) is 0 Å². The highest BCUT2D eigenvalue weighted by Gasteiger charge is 2.10. The molecule has 2 aromatic rings. The fraction of sp³-hybridized carbons (Fsp3) is 0.333. The van der Waals surface area contributed by atoms with Gasteiger partial charge in [0.1, 0.15) is 11.0 Å². The van der Waals surface area contributed by atoms with E-state index in [1.807, 2.05) is 7.05 Å². The average Bonchev–Trinajstić information content (AvgIpc) is 2.90. The Bertz CT molecular complexity index is 851. The molecule has 0 saturated carbocycles. The van der Waals surface area contributed by atoms with Crippen molar-refractivity contribution >= 4 is 35.1 Å². The average molecular weight is 414 g/mol. The van der Waals surface area contributed by atoms with E-state index in [-0.39, 0.29) is 11.5 Å². The fourth-order valence-corrected chi connectivity index (χ4v) is 2.76. The Morgan fingerprint density at radius 3 is 2.48 bits per heavy atom. The van der Waals surface area contributed by atoms with Gasteiger partial charge in [-0.05, 0) is 30.7 Å². The molecule has 146 valence electrons. The highest BCUT2D eigenvalue weighted by Crippen LogP contribution is 2.24. The molecule has 1 heterocycles. The minimum absolute atomic E-state index is 0.290. The number of aliphatic imine (C=N–C) groups is 1. The molecule has 1 aromatic heterocycles. The van der Waals surface area contributed by atoms with Crippen LogP contribution in [0.1, 0.15) is 21.6 Å². The molecule has 1 amide bonds. The number of aromatic nitrogens is 1. The van der Waals surface area contributed by atoms with Gasteiger partial charge < -0.3 is 20.5 Å². The van der Waals surface area contributed by atoms with Gasteiger partial charge in [0.05, 0.1) is 11.6 Å². The third-order valence-electron chi connectivity index (χ3n) is 4.01. The standard InChI is InChI=1S/C18H22Cl2FN5O/c1-11-4-5-12(8-15(11)21)17(27)23-6-7-24-18(22-2)25-10-13-9-14(19)16(20)26(13)3/h4-5,8-9H,6-7,10H2,1-3H3,(H,23,27)(H2,22,24,25). The van der Waals surface area contributed by atoms with Gasteiger partial charge in [0.25, 0.3) is 5.91 Å². The van der Waals surface area contributed by atoms with Crippen LogP contribution >= 0.6 is 23.2 Å². The molecule has 9 heteroatoms. The topological polar surface area (TPSA) is 70.4 Å². The summed E-state index contributed by atoms with van der Waals surface area (Å²) in [7, 11) is 3.47. The van der Waals surface area contributed by atoms with E-state index in [0.29, 0.717) is 41.3 Å². The second kappa shape index (κ2) is 9.62. The molecule has 0 aliphatic rings. The van der Waals surface area contributed by atoms with Crippen LogP contribution < -0.4 is 16.0 Å². The minimum Gasteiger partial charge on any atom is -0.355 e. The molecular weight excluding hydrogens is 392 g/mol. The van der Waals surface area contributed by atoms with E-state index in [1.54, 1.807) is 36.7 Å². The summed E-state index contributed by atoms with van der Waals surface area (Å²) in [5, 5.41) is 9.92. The summed E-state index contributed by atoms with van der Waals surface area (Å²) in [6, 6.07) is 6.19. The van der Waals surface area contributed by atoms with E-state index < -0.39 is 5.82 Å². The molecule has 0 fully saturated rings. The molecule has 6 nitrogen and oxygen atoms in total. The van der Waals surface area contributed by atoms with Gasteiger partial charge in [0, 0.05) is 38.4 Å². The van der Waals surface area contributed by atoms with Gasteiger partial charge in [-0.2, -0.15) is 0 Å². The summed E-state index contributed by atoms with van der Waals surface area (Å²) in [4.78, 5) is 16.1. The second-order valence-corrected chi connectivity index (χ2v) is 6.67. The molecule has 0 bridgehead atoms. The lowest BCUT2D eigenvalue weighted by Crippen LogP contribution is -2.41. The molecule has 0 radical (unpaired) electrons. The summed E-state index contributed by atoms with van der Waals surface area (Å²) < 4.78 is 15.3. The number of guanidine groups is 1. The zero-order valence-electron chi connectivity index (χ0n) is 15.4. The van der Waals surface area contributed by atoms with E-state index in [0.717, 1.165) is 5.69 Å².